The van der Waals surface area contributed by atoms with E-state index in [9.17, 15) is 4.79 Å². The summed E-state index contributed by atoms with van der Waals surface area (Å²) in [4.78, 5) is 14.8. The van der Waals surface area contributed by atoms with Crippen molar-refractivity contribution in [1.82, 2.24) is 15.5 Å². The second-order valence-electron chi connectivity index (χ2n) is 6.73. The number of nitrogens with zero attached hydrogens (tertiary/aromatic N) is 1. The van der Waals surface area contributed by atoms with Gasteiger partial charge in [0.05, 0.1) is 6.67 Å². The molecule has 2 heterocycles. The van der Waals surface area contributed by atoms with E-state index >= 15 is 0 Å². The Morgan fingerprint density at radius 2 is 1.87 bits per heavy atom. The maximum atomic E-state index is 12.5. The SMILES string of the molecule is Cc1cccc2cccc(CN3CNC(=O)C34CCNCC4)c12. The Labute approximate surface area is 136 Å². The van der Waals surface area contributed by atoms with E-state index in [0.29, 0.717) is 6.67 Å². The number of nitrogens with one attached hydrogen (secondary N) is 2. The Morgan fingerprint density at radius 1 is 1.13 bits per heavy atom. The molecule has 2 saturated heterocycles. The molecule has 1 amide bonds. The number of rotatable bonds is 2. The smallest absolute Gasteiger partial charge is 0.241 e. The van der Waals surface area contributed by atoms with Gasteiger partial charge < -0.3 is 10.6 Å². The third-order valence-electron chi connectivity index (χ3n) is 5.45. The predicted octanol–water partition coefficient (Wildman–Crippen LogP) is 2.16. The minimum Gasteiger partial charge on any atom is -0.342 e. The molecule has 2 aromatic rings. The fourth-order valence-electron chi connectivity index (χ4n) is 4.17. The van der Waals surface area contributed by atoms with Crippen LogP contribution >= 0.6 is 0 Å². The van der Waals surface area contributed by atoms with Crippen LogP contribution in [0.25, 0.3) is 10.8 Å². The number of benzene rings is 2. The maximum Gasteiger partial charge on any atom is 0.241 e. The lowest BCUT2D eigenvalue weighted by molar-refractivity contribution is -0.128. The van der Waals surface area contributed by atoms with Gasteiger partial charge >= 0.3 is 0 Å². The summed E-state index contributed by atoms with van der Waals surface area (Å²) < 4.78 is 0. The monoisotopic (exact) mass is 309 g/mol. The summed E-state index contributed by atoms with van der Waals surface area (Å²) in [6, 6.07) is 12.9. The largest absolute Gasteiger partial charge is 0.342 e. The number of fused-ring (bicyclic) bond motifs is 1. The molecular weight excluding hydrogens is 286 g/mol. The summed E-state index contributed by atoms with van der Waals surface area (Å²) in [6.45, 7) is 5.47. The highest BCUT2D eigenvalue weighted by atomic mass is 16.2. The topological polar surface area (TPSA) is 44.4 Å². The molecule has 2 N–H and O–H groups in total. The van der Waals surface area contributed by atoms with Crippen molar-refractivity contribution in [2.75, 3.05) is 19.8 Å². The Morgan fingerprint density at radius 3 is 2.65 bits per heavy atom. The Bertz CT molecular complexity index is 744. The van der Waals surface area contributed by atoms with Crippen molar-refractivity contribution in [2.24, 2.45) is 0 Å². The van der Waals surface area contributed by atoms with Crippen LogP contribution in [0.3, 0.4) is 0 Å². The first-order valence-electron chi connectivity index (χ1n) is 8.42. The molecular formula is C19H23N3O. The third-order valence-corrected chi connectivity index (χ3v) is 5.45. The Kier molecular flexibility index (Phi) is 3.58. The number of carbonyl (C=O) groups excluding carboxylic acids is 1. The molecule has 1 spiro atoms. The molecule has 4 rings (SSSR count). The van der Waals surface area contributed by atoms with Crippen LogP contribution in [0.2, 0.25) is 0 Å². The van der Waals surface area contributed by atoms with Crippen LogP contribution in [0.5, 0.6) is 0 Å². The lowest BCUT2D eigenvalue weighted by atomic mass is 9.86. The summed E-state index contributed by atoms with van der Waals surface area (Å²) in [7, 11) is 0. The first-order chi connectivity index (χ1) is 11.2. The van der Waals surface area contributed by atoms with Gasteiger partial charge in [-0.15, -0.1) is 0 Å². The van der Waals surface area contributed by atoms with E-state index in [1.807, 2.05) is 0 Å². The molecule has 23 heavy (non-hydrogen) atoms. The molecule has 4 nitrogen and oxygen atoms in total. The van der Waals surface area contributed by atoms with Crippen molar-refractivity contribution >= 4 is 16.7 Å². The number of hydrogen-bond acceptors (Lipinski definition) is 3. The molecule has 0 aromatic heterocycles. The minimum atomic E-state index is -0.323. The molecule has 2 aromatic carbocycles. The summed E-state index contributed by atoms with van der Waals surface area (Å²) in [5, 5.41) is 9.06. The van der Waals surface area contributed by atoms with Crippen LogP contribution in [-0.4, -0.2) is 36.1 Å². The van der Waals surface area contributed by atoms with Crippen molar-refractivity contribution in [3.63, 3.8) is 0 Å². The van der Waals surface area contributed by atoms with Gasteiger partial charge in [-0.3, -0.25) is 9.69 Å². The zero-order chi connectivity index (χ0) is 15.9. The van der Waals surface area contributed by atoms with E-state index in [2.05, 4.69) is 58.9 Å². The predicted molar refractivity (Wildman–Crippen MR) is 92.1 cm³/mol. The van der Waals surface area contributed by atoms with Gasteiger partial charge in [0, 0.05) is 6.54 Å². The second-order valence-corrected chi connectivity index (χ2v) is 6.73. The van der Waals surface area contributed by atoms with Crippen LogP contribution in [-0.2, 0) is 11.3 Å². The van der Waals surface area contributed by atoms with Crippen molar-refractivity contribution in [3.05, 3.63) is 47.5 Å². The molecule has 2 fully saturated rings. The number of carbonyl (C=O) groups is 1. The minimum absolute atomic E-state index is 0.205. The van der Waals surface area contributed by atoms with Crippen LogP contribution in [0.1, 0.15) is 24.0 Å². The van der Waals surface area contributed by atoms with E-state index in [-0.39, 0.29) is 11.4 Å². The highest BCUT2D eigenvalue weighted by Crippen LogP contribution is 2.33. The third kappa shape index (κ3) is 2.33. The maximum absolute atomic E-state index is 12.5. The van der Waals surface area contributed by atoms with E-state index in [1.165, 1.54) is 21.9 Å². The van der Waals surface area contributed by atoms with Crippen molar-refractivity contribution in [1.29, 1.82) is 0 Å². The van der Waals surface area contributed by atoms with Gasteiger partial charge in [-0.05, 0) is 54.8 Å². The molecule has 2 aliphatic heterocycles. The highest BCUT2D eigenvalue weighted by Gasteiger charge is 2.48. The average molecular weight is 309 g/mol. The van der Waals surface area contributed by atoms with E-state index in [0.717, 1.165) is 32.5 Å². The standard InChI is InChI=1S/C19H23N3O/c1-14-4-2-5-15-6-3-7-16(17(14)15)12-22-13-21-18(23)19(22)8-10-20-11-9-19/h2-7,20H,8-13H2,1H3,(H,21,23). The highest BCUT2D eigenvalue weighted by molar-refractivity contribution is 5.90. The molecule has 2 aliphatic rings. The fourth-order valence-corrected chi connectivity index (χ4v) is 4.17. The molecule has 0 aliphatic carbocycles. The fraction of sp³-hybridized carbons (Fsp3) is 0.421. The van der Waals surface area contributed by atoms with Gasteiger partial charge in [-0.2, -0.15) is 0 Å². The van der Waals surface area contributed by atoms with Crippen LogP contribution in [0, 0.1) is 6.92 Å². The van der Waals surface area contributed by atoms with Crippen LogP contribution in [0.15, 0.2) is 36.4 Å². The second kappa shape index (κ2) is 5.62. The van der Waals surface area contributed by atoms with Crippen molar-refractivity contribution in [2.45, 2.75) is 31.8 Å². The van der Waals surface area contributed by atoms with Crippen LogP contribution in [0.4, 0.5) is 0 Å². The summed E-state index contributed by atoms with van der Waals surface area (Å²) in [6.07, 6.45) is 1.78. The number of aryl methyl sites for hydroxylation is 1. The van der Waals surface area contributed by atoms with Gasteiger partial charge in [0.25, 0.3) is 0 Å². The van der Waals surface area contributed by atoms with E-state index in [1.54, 1.807) is 0 Å². The normalized spacial score (nSPS) is 21.0. The van der Waals surface area contributed by atoms with Crippen LogP contribution < -0.4 is 10.6 Å². The quantitative estimate of drug-likeness (QED) is 0.893. The first kappa shape index (κ1) is 14.7. The molecule has 4 heteroatoms. The number of piperidine rings is 1. The van der Waals surface area contributed by atoms with Gasteiger partial charge in [0.1, 0.15) is 5.54 Å². The summed E-state index contributed by atoms with van der Waals surface area (Å²) in [5.74, 6) is 0.205. The number of amides is 1. The van der Waals surface area contributed by atoms with Crippen molar-refractivity contribution in [3.8, 4) is 0 Å². The molecule has 0 atom stereocenters. The molecule has 0 bridgehead atoms. The zero-order valence-corrected chi connectivity index (χ0v) is 13.6. The first-order valence-corrected chi connectivity index (χ1v) is 8.42. The zero-order valence-electron chi connectivity index (χ0n) is 13.6. The van der Waals surface area contributed by atoms with Gasteiger partial charge in [0.15, 0.2) is 0 Å². The van der Waals surface area contributed by atoms with Gasteiger partial charge in [-0.25, -0.2) is 0 Å². The lowest BCUT2D eigenvalue weighted by Crippen LogP contribution is -2.54. The van der Waals surface area contributed by atoms with Gasteiger partial charge in [-0.1, -0.05) is 36.4 Å². The Hall–Kier alpha value is -1.91. The molecule has 0 saturated carbocycles. The van der Waals surface area contributed by atoms with Crippen molar-refractivity contribution < 1.29 is 4.79 Å². The number of hydrogen-bond donors (Lipinski definition) is 2. The molecule has 0 unspecified atom stereocenters. The summed E-state index contributed by atoms with van der Waals surface area (Å²) in [5.41, 5.74) is 2.29. The van der Waals surface area contributed by atoms with Gasteiger partial charge in [0.2, 0.25) is 5.91 Å². The van der Waals surface area contributed by atoms with E-state index in [4.69, 9.17) is 0 Å². The average Bonchev–Trinajstić information content (AvgIpc) is 2.85. The Balaban J connectivity index is 1.72. The molecule has 120 valence electrons. The molecule has 0 radical (unpaired) electrons. The lowest BCUT2D eigenvalue weighted by Gasteiger charge is -2.39. The van der Waals surface area contributed by atoms with E-state index < -0.39 is 0 Å². The summed E-state index contributed by atoms with van der Waals surface area (Å²) >= 11 is 0.